The first-order chi connectivity index (χ1) is 17.0. The molecule has 0 radical (unpaired) electrons. The Bertz CT molecular complexity index is 1210. The fraction of sp³-hybridized carbons (Fsp3) is 0.348. The Balaban J connectivity index is 2.32. The summed E-state index contributed by atoms with van der Waals surface area (Å²) in [5.41, 5.74) is 4.49. The molecule has 0 aromatic heterocycles. The van der Waals surface area contributed by atoms with Gasteiger partial charge in [0, 0.05) is 5.56 Å². The third-order valence-corrected chi connectivity index (χ3v) is 5.75. The summed E-state index contributed by atoms with van der Waals surface area (Å²) in [7, 11) is 0. The Morgan fingerprint density at radius 2 is 1.49 bits per heavy atom. The quantitative estimate of drug-likeness (QED) is 0.437. The summed E-state index contributed by atoms with van der Waals surface area (Å²) in [5.74, 6) is -12.3. The van der Waals surface area contributed by atoms with E-state index < -0.39 is 61.0 Å². The van der Waals surface area contributed by atoms with E-state index in [1.54, 1.807) is 0 Å². The fourth-order valence-corrected chi connectivity index (χ4v) is 3.93. The maximum atomic E-state index is 14.3. The van der Waals surface area contributed by atoms with Crippen LogP contribution in [0, 0.1) is 5.92 Å². The van der Waals surface area contributed by atoms with Crippen molar-refractivity contribution in [3.8, 4) is 11.1 Å². The molecule has 1 heterocycles. The van der Waals surface area contributed by atoms with E-state index in [2.05, 4.69) is 0 Å². The van der Waals surface area contributed by atoms with Crippen molar-refractivity contribution in [1.82, 2.24) is 4.90 Å². The van der Waals surface area contributed by atoms with Crippen LogP contribution in [0.4, 0.5) is 40.8 Å². The van der Waals surface area contributed by atoms with Gasteiger partial charge in [0.05, 0.1) is 12.2 Å². The molecular formula is C23H19F8N3O3. The third-order valence-electron chi connectivity index (χ3n) is 5.75. The van der Waals surface area contributed by atoms with Crippen LogP contribution in [0.2, 0.25) is 0 Å². The van der Waals surface area contributed by atoms with Gasteiger partial charge in [-0.2, -0.15) is 35.1 Å². The number of hydrogen-bond donors (Lipinski definition) is 1. The van der Waals surface area contributed by atoms with Crippen molar-refractivity contribution < 1.29 is 49.5 Å². The van der Waals surface area contributed by atoms with E-state index in [0.717, 1.165) is 19.1 Å². The predicted octanol–water partition coefficient (Wildman–Crippen LogP) is 4.45. The molecule has 3 rings (SSSR count). The zero-order valence-electron chi connectivity index (χ0n) is 18.9. The van der Waals surface area contributed by atoms with Crippen LogP contribution in [0.3, 0.4) is 0 Å². The van der Waals surface area contributed by atoms with Gasteiger partial charge in [0.1, 0.15) is 18.5 Å². The number of hydrogen-bond acceptors (Lipinski definition) is 3. The molecule has 2 aromatic rings. The Labute approximate surface area is 204 Å². The van der Waals surface area contributed by atoms with E-state index in [4.69, 9.17) is 5.73 Å². The summed E-state index contributed by atoms with van der Waals surface area (Å²) in [4.78, 5) is 38.2. The number of carbonyl (C=O) groups is 3. The maximum absolute atomic E-state index is 14.3. The lowest BCUT2D eigenvalue weighted by molar-refractivity contribution is -0.286. The number of rotatable bonds is 6. The highest BCUT2D eigenvalue weighted by Crippen LogP contribution is 2.45. The first-order valence-electron chi connectivity index (χ1n) is 10.6. The Hall–Kier alpha value is -3.71. The van der Waals surface area contributed by atoms with Crippen molar-refractivity contribution in [3.63, 3.8) is 0 Å². The summed E-state index contributed by atoms with van der Waals surface area (Å²) >= 11 is 0. The van der Waals surface area contributed by atoms with E-state index in [1.165, 1.54) is 36.4 Å². The molecule has 3 amide bonds. The third kappa shape index (κ3) is 5.52. The minimum absolute atomic E-state index is 0.0148. The molecule has 6 nitrogen and oxygen atoms in total. The molecule has 0 spiro atoms. The Morgan fingerprint density at radius 1 is 0.946 bits per heavy atom. The number of amides is 3. The molecule has 0 fully saturated rings. The number of alkyl halides is 8. The molecule has 2 N–H and O–H groups in total. The van der Waals surface area contributed by atoms with Gasteiger partial charge < -0.3 is 15.5 Å². The molecule has 200 valence electrons. The number of fused-ring (bicyclic) bond motifs is 3. The summed E-state index contributed by atoms with van der Waals surface area (Å²) in [5, 5.41) is 0. The number of halogens is 8. The molecule has 0 saturated heterocycles. The smallest absolute Gasteiger partial charge is 0.369 e. The number of primary amides is 1. The van der Waals surface area contributed by atoms with Gasteiger partial charge in [0.2, 0.25) is 11.8 Å². The monoisotopic (exact) mass is 537 g/mol. The van der Waals surface area contributed by atoms with Crippen LogP contribution in [-0.2, 0) is 14.4 Å². The van der Waals surface area contributed by atoms with Crippen LogP contribution < -0.4 is 10.6 Å². The van der Waals surface area contributed by atoms with Crippen LogP contribution >= 0.6 is 0 Å². The summed E-state index contributed by atoms with van der Waals surface area (Å²) < 4.78 is 108. The summed E-state index contributed by atoms with van der Waals surface area (Å²) in [6, 6.07) is 7.91. The average molecular weight is 537 g/mol. The number of anilines is 1. The van der Waals surface area contributed by atoms with E-state index in [-0.39, 0.29) is 32.2 Å². The minimum Gasteiger partial charge on any atom is -0.369 e. The standard InChI is InChI=1S/C23H19F8N3O3/c1-12(18(32)35)19(36)34(10-21(24,25)23(29,30)31)17-15-8-3-2-6-13(15)14-7-4-5-9-16(14)33(20(17)37)11-22(26,27)28/h2-9,12,17H,10-11H2,1H3,(H2,32,35)/t12?,17-/m0/s1. The van der Waals surface area contributed by atoms with Gasteiger partial charge >= 0.3 is 18.3 Å². The highest BCUT2D eigenvalue weighted by molar-refractivity contribution is 6.08. The van der Waals surface area contributed by atoms with E-state index >= 15 is 0 Å². The van der Waals surface area contributed by atoms with Crippen molar-refractivity contribution in [2.45, 2.75) is 31.2 Å². The predicted molar refractivity (Wildman–Crippen MR) is 114 cm³/mol. The van der Waals surface area contributed by atoms with Gasteiger partial charge in [0.15, 0.2) is 0 Å². The SMILES string of the molecule is CC(C(N)=O)C(=O)N(CC(F)(F)C(F)(F)F)[C@@H]1C(=O)N(CC(F)(F)F)c2ccccc2-c2ccccc21. The van der Waals surface area contributed by atoms with Crippen LogP contribution in [-0.4, -0.2) is 54.0 Å². The molecule has 1 aliphatic heterocycles. The van der Waals surface area contributed by atoms with Gasteiger partial charge in [-0.05, 0) is 24.1 Å². The van der Waals surface area contributed by atoms with Gasteiger partial charge in [-0.1, -0.05) is 42.5 Å². The van der Waals surface area contributed by atoms with Crippen molar-refractivity contribution >= 4 is 23.4 Å². The Morgan fingerprint density at radius 3 is 2.03 bits per heavy atom. The molecule has 0 bridgehead atoms. The van der Waals surface area contributed by atoms with Crippen LogP contribution in [0.15, 0.2) is 48.5 Å². The number of nitrogens with two attached hydrogens (primary N) is 1. The first-order valence-corrected chi connectivity index (χ1v) is 10.6. The van der Waals surface area contributed by atoms with E-state index in [9.17, 15) is 49.5 Å². The molecular weight excluding hydrogens is 518 g/mol. The van der Waals surface area contributed by atoms with Crippen molar-refractivity contribution in [1.29, 1.82) is 0 Å². The summed E-state index contributed by atoms with van der Waals surface area (Å²) in [6.07, 6.45) is -11.2. The van der Waals surface area contributed by atoms with Crippen LogP contribution in [0.1, 0.15) is 18.5 Å². The minimum atomic E-state index is -6.19. The second kappa shape index (κ2) is 9.63. The number of nitrogens with zero attached hydrogens (tertiary/aromatic N) is 2. The number of benzene rings is 2. The Kier molecular flexibility index (Phi) is 7.26. The average Bonchev–Trinajstić information content (AvgIpc) is 2.88. The van der Waals surface area contributed by atoms with Gasteiger partial charge in [-0.3, -0.25) is 14.4 Å². The van der Waals surface area contributed by atoms with Crippen LogP contribution in [0.5, 0.6) is 0 Å². The first kappa shape index (κ1) is 27.9. The second-order valence-corrected chi connectivity index (χ2v) is 8.34. The highest BCUT2D eigenvalue weighted by atomic mass is 19.4. The van der Waals surface area contributed by atoms with Gasteiger partial charge in [-0.15, -0.1) is 0 Å². The van der Waals surface area contributed by atoms with Gasteiger partial charge in [0.25, 0.3) is 5.91 Å². The molecule has 0 aliphatic carbocycles. The molecule has 37 heavy (non-hydrogen) atoms. The molecule has 1 unspecified atom stereocenters. The van der Waals surface area contributed by atoms with Gasteiger partial charge in [-0.25, -0.2) is 0 Å². The largest absolute Gasteiger partial charge is 0.455 e. The lowest BCUT2D eigenvalue weighted by Gasteiger charge is -2.37. The highest BCUT2D eigenvalue weighted by Gasteiger charge is 2.60. The lowest BCUT2D eigenvalue weighted by Crippen LogP contribution is -2.55. The van der Waals surface area contributed by atoms with Crippen molar-refractivity contribution in [3.05, 3.63) is 54.1 Å². The zero-order chi connectivity index (χ0) is 27.9. The normalized spacial score (nSPS) is 16.9. The molecule has 0 saturated carbocycles. The fourth-order valence-electron chi connectivity index (χ4n) is 3.93. The molecule has 14 heteroatoms. The molecule has 1 aliphatic rings. The number of carbonyl (C=O) groups excluding carboxylic acids is 3. The van der Waals surface area contributed by atoms with Crippen molar-refractivity contribution in [2.24, 2.45) is 11.7 Å². The molecule has 2 atom stereocenters. The van der Waals surface area contributed by atoms with Crippen molar-refractivity contribution in [2.75, 3.05) is 18.0 Å². The maximum Gasteiger partial charge on any atom is 0.455 e. The zero-order valence-corrected chi connectivity index (χ0v) is 18.9. The number of para-hydroxylation sites is 1. The summed E-state index contributed by atoms with van der Waals surface area (Å²) in [6.45, 7) is -3.57. The molecule has 2 aromatic carbocycles. The topological polar surface area (TPSA) is 83.7 Å². The lowest BCUT2D eigenvalue weighted by atomic mass is 9.93. The second-order valence-electron chi connectivity index (χ2n) is 8.34. The van der Waals surface area contributed by atoms with E-state index in [0.29, 0.717) is 0 Å². The van der Waals surface area contributed by atoms with Crippen LogP contribution in [0.25, 0.3) is 11.1 Å². The van der Waals surface area contributed by atoms with E-state index in [1.807, 2.05) is 0 Å².